The van der Waals surface area contributed by atoms with E-state index in [0.29, 0.717) is 12.5 Å². The van der Waals surface area contributed by atoms with Crippen LogP contribution in [0.25, 0.3) is 0 Å². The van der Waals surface area contributed by atoms with E-state index in [0.717, 1.165) is 19.3 Å². The van der Waals surface area contributed by atoms with Crippen LogP contribution in [0.1, 0.15) is 33.1 Å². The van der Waals surface area contributed by atoms with E-state index in [1.807, 2.05) is 0 Å². The van der Waals surface area contributed by atoms with Gasteiger partial charge in [-0.25, -0.2) is 0 Å². The van der Waals surface area contributed by atoms with E-state index in [2.05, 4.69) is 19.2 Å². The molecule has 80 valence electrons. The van der Waals surface area contributed by atoms with Gasteiger partial charge in [-0.2, -0.15) is 0 Å². The molecule has 0 aliphatic heterocycles. The number of rotatable bonds is 4. The van der Waals surface area contributed by atoms with Gasteiger partial charge in [0.2, 0.25) is 5.91 Å². The highest BCUT2D eigenvalue weighted by atomic mass is 16.3. The molecule has 2 aliphatic rings. The molecule has 0 heterocycles. The van der Waals surface area contributed by atoms with Crippen molar-refractivity contribution in [2.45, 2.75) is 39.2 Å². The van der Waals surface area contributed by atoms with Gasteiger partial charge in [0, 0.05) is 12.5 Å². The third-order valence-corrected chi connectivity index (χ3v) is 3.48. The molecule has 2 saturated carbocycles. The molecule has 2 atom stereocenters. The number of amides is 1. The van der Waals surface area contributed by atoms with E-state index >= 15 is 0 Å². The van der Waals surface area contributed by atoms with Crippen LogP contribution in [0.4, 0.5) is 0 Å². The van der Waals surface area contributed by atoms with Crippen LogP contribution in [-0.4, -0.2) is 23.7 Å². The van der Waals surface area contributed by atoms with Gasteiger partial charge in [-0.1, -0.05) is 13.8 Å². The minimum absolute atomic E-state index is 0.120. The molecule has 3 heteroatoms. The van der Waals surface area contributed by atoms with Gasteiger partial charge in [-0.05, 0) is 30.6 Å². The van der Waals surface area contributed by atoms with Gasteiger partial charge in [0.1, 0.15) is 0 Å². The van der Waals surface area contributed by atoms with Gasteiger partial charge >= 0.3 is 0 Å². The third kappa shape index (κ3) is 2.08. The zero-order valence-electron chi connectivity index (χ0n) is 8.92. The summed E-state index contributed by atoms with van der Waals surface area (Å²) < 4.78 is 0. The van der Waals surface area contributed by atoms with Crippen LogP contribution in [-0.2, 0) is 4.79 Å². The number of hydrogen-bond donors (Lipinski definition) is 2. The summed E-state index contributed by atoms with van der Waals surface area (Å²) in [5, 5.41) is 12.4. The van der Waals surface area contributed by atoms with Crippen LogP contribution >= 0.6 is 0 Å². The maximum absolute atomic E-state index is 11.5. The summed E-state index contributed by atoms with van der Waals surface area (Å²) in [5.41, 5.74) is 0.189. The standard InChI is InChI=1S/C11H19NO2/c1-11(2)5-8(11)10(14)12-6-9(13)7-3-4-7/h7-9,13H,3-6H2,1-2H3,(H,12,14). The highest BCUT2D eigenvalue weighted by molar-refractivity contribution is 5.82. The number of nitrogens with one attached hydrogen (secondary N) is 1. The lowest BCUT2D eigenvalue weighted by Crippen LogP contribution is -2.34. The van der Waals surface area contributed by atoms with Gasteiger partial charge in [0.05, 0.1) is 6.10 Å². The van der Waals surface area contributed by atoms with Crippen molar-refractivity contribution in [3.05, 3.63) is 0 Å². The highest BCUT2D eigenvalue weighted by Gasteiger charge is 2.50. The normalized spacial score (nSPS) is 30.9. The summed E-state index contributed by atoms with van der Waals surface area (Å²) in [5.74, 6) is 0.742. The summed E-state index contributed by atoms with van der Waals surface area (Å²) in [6.45, 7) is 4.65. The molecule has 0 spiro atoms. The molecule has 0 saturated heterocycles. The lowest BCUT2D eigenvalue weighted by molar-refractivity contribution is -0.123. The van der Waals surface area contributed by atoms with Crippen LogP contribution in [0.15, 0.2) is 0 Å². The average molecular weight is 197 g/mol. The molecule has 0 aromatic carbocycles. The Labute approximate surface area is 84.9 Å². The number of hydrogen-bond acceptors (Lipinski definition) is 2. The van der Waals surface area contributed by atoms with Crippen LogP contribution in [0.3, 0.4) is 0 Å². The lowest BCUT2D eigenvalue weighted by Gasteiger charge is -2.11. The maximum atomic E-state index is 11.5. The topological polar surface area (TPSA) is 49.3 Å². The fourth-order valence-electron chi connectivity index (χ4n) is 1.89. The Hall–Kier alpha value is -0.570. The van der Waals surface area contributed by atoms with Crippen molar-refractivity contribution in [1.29, 1.82) is 0 Å². The van der Waals surface area contributed by atoms with Crippen LogP contribution in [0.5, 0.6) is 0 Å². The molecular weight excluding hydrogens is 178 g/mol. The Morgan fingerprint density at radius 3 is 2.57 bits per heavy atom. The second-order valence-electron chi connectivity index (χ2n) is 5.40. The number of carbonyl (C=O) groups is 1. The van der Waals surface area contributed by atoms with Crippen molar-refractivity contribution >= 4 is 5.91 Å². The Morgan fingerprint density at radius 2 is 2.14 bits per heavy atom. The smallest absolute Gasteiger partial charge is 0.223 e. The molecule has 0 radical (unpaired) electrons. The second kappa shape index (κ2) is 3.23. The van der Waals surface area contributed by atoms with Crippen molar-refractivity contribution in [2.75, 3.05) is 6.54 Å². The number of aliphatic hydroxyl groups excluding tert-OH is 1. The van der Waals surface area contributed by atoms with Crippen molar-refractivity contribution < 1.29 is 9.90 Å². The molecule has 2 N–H and O–H groups in total. The summed E-state index contributed by atoms with van der Waals surface area (Å²) in [7, 11) is 0. The largest absolute Gasteiger partial charge is 0.391 e. The van der Waals surface area contributed by atoms with E-state index in [9.17, 15) is 9.90 Å². The molecule has 3 nitrogen and oxygen atoms in total. The quantitative estimate of drug-likeness (QED) is 0.704. The fraction of sp³-hybridized carbons (Fsp3) is 0.909. The fourth-order valence-corrected chi connectivity index (χ4v) is 1.89. The Morgan fingerprint density at radius 1 is 1.57 bits per heavy atom. The van der Waals surface area contributed by atoms with Crippen LogP contribution < -0.4 is 5.32 Å². The van der Waals surface area contributed by atoms with Gasteiger partial charge in [-0.3, -0.25) is 4.79 Å². The van der Waals surface area contributed by atoms with E-state index in [4.69, 9.17) is 0 Å². The van der Waals surface area contributed by atoms with E-state index in [1.165, 1.54) is 0 Å². The van der Waals surface area contributed by atoms with Crippen LogP contribution in [0.2, 0.25) is 0 Å². The lowest BCUT2D eigenvalue weighted by atomic mass is 10.1. The van der Waals surface area contributed by atoms with Gasteiger partial charge in [0.25, 0.3) is 0 Å². The minimum atomic E-state index is -0.319. The second-order valence-corrected chi connectivity index (χ2v) is 5.40. The molecule has 2 unspecified atom stereocenters. The molecule has 0 aromatic heterocycles. The van der Waals surface area contributed by atoms with E-state index < -0.39 is 0 Å². The average Bonchev–Trinajstić information content (AvgIpc) is 2.96. The van der Waals surface area contributed by atoms with Crippen molar-refractivity contribution in [3.63, 3.8) is 0 Å². The van der Waals surface area contributed by atoms with Crippen LogP contribution in [0, 0.1) is 17.3 Å². The summed E-state index contributed by atoms with van der Waals surface area (Å²) in [6, 6.07) is 0. The van der Waals surface area contributed by atoms with Crippen molar-refractivity contribution in [3.8, 4) is 0 Å². The van der Waals surface area contributed by atoms with E-state index in [-0.39, 0.29) is 23.3 Å². The molecule has 2 aliphatic carbocycles. The molecular formula is C11H19NO2. The zero-order chi connectivity index (χ0) is 10.3. The number of carbonyl (C=O) groups excluding carboxylic acids is 1. The Balaban J connectivity index is 1.68. The molecule has 1 amide bonds. The Kier molecular flexibility index (Phi) is 2.30. The molecule has 2 rings (SSSR count). The molecule has 2 fully saturated rings. The van der Waals surface area contributed by atoms with Crippen molar-refractivity contribution in [1.82, 2.24) is 5.32 Å². The van der Waals surface area contributed by atoms with E-state index in [1.54, 1.807) is 0 Å². The Bertz CT molecular complexity index is 246. The molecule has 0 aromatic rings. The maximum Gasteiger partial charge on any atom is 0.223 e. The molecule has 0 bridgehead atoms. The first-order valence-electron chi connectivity index (χ1n) is 5.46. The minimum Gasteiger partial charge on any atom is -0.391 e. The monoisotopic (exact) mass is 197 g/mol. The highest BCUT2D eigenvalue weighted by Crippen LogP contribution is 2.51. The zero-order valence-corrected chi connectivity index (χ0v) is 8.92. The van der Waals surface area contributed by atoms with Crippen molar-refractivity contribution in [2.24, 2.45) is 17.3 Å². The van der Waals surface area contributed by atoms with Gasteiger partial charge in [-0.15, -0.1) is 0 Å². The first kappa shape index (κ1) is 9.97. The van der Waals surface area contributed by atoms with Gasteiger partial charge < -0.3 is 10.4 Å². The predicted molar refractivity (Wildman–Crippen MR) is 53.6 cm³/mol. The summed E-state index contributed by atoms with van der Waals surface area (Å²) in [4.78, 5) is 11.5. The number of aliphatic hydroxyl groups is 1. The van der Waals surface area contributed by atoms with Gasteiger partial charge in [0.15, 0.2) is 0 Å². The molecule has 14 heavy (non-hydrogen) atoms. The summed E-state index contributed by atoms with van der Waals surface area (Å²) in [6.07, 6.45) is 2.90. The first-order valence-corrected chi connectivity index (χ1v) is 5.46. The first-order chi connectivity index (χ1) is 6.50. The SMILES string of the molecule is CC1(C)CC1C(=O)NCC(O)C1CC1. The third-order valence-electron chi connectivity index (χ3n) is 3.48. The predicted octanol–water partition coefficient (Wildman–Crippen LogP) is 0.920. The summed E-state index contributed by atoms with van der Waals surface area (Å²) >= 11 is 0.